The average Bonchev–Trinajstić information content (AvgIpc) is 2.28. The van der Waals surface area contributed by atoms with Crippen LogP contribution in [0.1, 0.15) is 33.1 Å². The molecule has 1 aliphatic carbocycles. The maximum Gasteiger partial charge on any atom is 0.150 e. The number of hydrogen-bond donors (Lipinski definition) is 1. The largest absolute Gasteiger partial charge is 0.378 e. The Bertz CT molecular complexity index is 413. The molecule has 3 unspecified atom stereocenters. The lowest BCUT2D eigenvalue weighted by atomic mass is 9.79. The van der Waals surface area contributed by atoms with E-state index in [2.05, 4.69) is 35.1 Å². The number of hydrogen-bond acceptors (Lipinski definition) is 1. The van der Waals surface area contributed by atoms with Gasteiger partial charge in [-0.3, -0.25) is 0 Å². The van der Waals surface area contributed by atoms with E-state index in [0.717, 1.165) is 19.3 Å². The summed E-state index contributed by atoms with van der Waals surface area (Å²) in [4.78, 5) is 0. The van der Waals surface area contributed by atoms with Gasteiger partial charge in [0.25, 0.3) is 0 Å². The molecule has 0 spiro atoms. The van der Waals surface area contributed by atoms with Gasteiger partial charge in [0, 0.05) is 10.5 Å². The Morgan fingerprint density at radius 3 is 2.28 bits per heavy atom. The molecule has 0 heterocycles. The van der Waals surface area contributed by atoms with Crippen molar-refractivity contribution in [3.8, 4) is 0 Å². The van der Waals surface area contributed by atoms with Gasteiger partial charge >= 0.3 is 0 Å². The summed E-state index contributed by atoms with van der Waals surface area (Å²) in [6.07, 6.45) is 3.05. The number of rotatable bonds is 2. The minimum Gasteiger partial charge on any atom is -0.378 e. The molecule has 1 aromatic carbocycles. The highest BCUT2D eigenvalue weighted by Gasteiger charge is 2.25. The second kappa shape index (κ2) is 5.55. The molecule has 2 rings (SSSR count). The lowest BCUT2D eigenvalue weighted by Crippen LogP contribution is -2.31. The van der Waals surface area contributed by atoms with Crippen molar-refractivity contribution in [1.29, 1.82) is 0 Å². The highest BCUT2D eigenvalue weighted by molar-refractivity contribution is 9.10. The minimum absolute atomic E-state index is 0.00459. The van der Waals surface area contributed by atoms with Gasteiger partial charge < -0.3 is 5.32 Å². The van der Waals surface area contributed by atoms with Crippen LogP contribution in [0.15, 0.2) is 16.6 Å². The molecule has 4 heteroatoms. The minimum atomic E-state index is -0.534. The molecule has 1 aromatic rings. The molecule has 0 radical (unpaired) electrons. The number of benzene rings is 1. The molecule has 0 amide bonds. The van der Waals surface area contributed by atoms with E-state index in [9.17, 15) is 8.78 Å². The van der Waals surface area contributed by atoms with Crippen molar-refractivity contribution in [3.63, 3.8) is 0 Å². The summed E-state index contributed by atoms with van der Waals surface area (Å²) in [6, 6.07) is 2.75. The summed E-state index contributed by atoms with van der Waals surface area (Å²) in [5.41, 5.74) is 0.00459. The normalized spacial score (nSPS) is 28.2. The van der Waals surface area contributed by atoms with Crippen LogP contribution < -0.4 is 5.32 Å². The zero-order valence-corrected chi connectivity index (χ0v) is 12.2. The van der Waals surface area contributed by atoms with Crippen LogP contribution >= 0.6 is 15.9 Å². The zero-order chi connectivity index (χ0) is 13.3. The molecule has 0 saturated heterocycles. The van der Waals surface area contributed by atoms with Gasteiger partial charge in [0.1, 0.15) is 17.3 Å². The Kier molecular flexibility index (Phi) is 4.25. The van der Waals surface area contributed by atoms with Crippen LogP contribution in [0.25, 0.3) is 0 Å². The third-order valence-electron chi connectivity index (χ3n) is 3.95. The van der Waals surface area contributed by atoms with Gasteiger partial charge in [-0.2, -0.15) is 0 Å². The van der Waals surface area contributed by atoms with E-state index < -0.39 is 11.6 Å². The average molecular weight is 318 g/mol. The van der Waals surface area contributed by atoms with Crippen LogP contribution in [-0.4, -0.2) is 6.04 Å². The maximum absolute atomic E-state index is 13.7. The predicted molar refractivity (Wildman–Crippen MR) is 73.6 cm³/mol. The molecule has 0 bridgehead atoms. The summed E-state index contributed by atoms with van der Waals surface area (Å²) in [7, 11) is 0. The van der Waals surface area contributed by atoms with E-state index >= 15 is 0 Å². The number of halogens is 3. The van der Waals surface area contributed by atoms with Crippen molar-refractivity contribution >= 4 is 21.6 Å². The second-order valence-corrected chi connectivity index (χ2v) is 6.27. The van der Waals surface area contributed by atoms with E-state index in [4.69, 9.17) is 0 Å². The van der Waals surface area contributed by atoms with E-state index in [1.807, 2.05) is 0 Å². The van der Waals surface area contributed by atoms with E-state index in [1.165, 1.54) is 12.1 Å². The lowest BCUT2D eigenvalue weighted by molar-refractivity contribution is 0.260. The molecule has 1 saturated carbocycles. The van der Waals surface area contributed by atoms with Gasteiger partial charge in [0.2, 0.25) is 0 Å². The fourth-order valence-corrected chi connectivity index (χ4v) is 2.96. The predicted octanol–water partition coefficient (Wildman–Crippen LogP) is 4.96. The summed E-state index contributed by atoms with van der Waals surface area (Å²) < 4.78 is 27.8. The van der Waals surface area contributed by atoms with Gasteiger partial charge in [-0.15, -0.1) is 0 Å². The molecule has 18 heavy (non-hydrogen) atoms. The lowest BCUT2D eigenvalue weighted by Gasteiger charge is -2.33. The Morgan fingerprint density at radius 2 is 1.72 bits per heavy atom. The number of nitrogens with one attached hydrogen (secondary N) is 1. The third kappa shape index (κ3) is 3.02. The fourth-order valence-electron chi connectivity index (χ4n) is 2.56. The topological polar surface area (TPSA) is 12.0 Å². The Morgan fingerprint density at radius 1 is 1.11 bits per heavy atom. The SMILES string of the molecule is CC1CCC(Nc2c(F)cc(Br)cc2F)CC1C. The summed E-state index contributed by atoms with van der Waals surface area (Å²) in [5, 5.41) is 3.02. The summed E-state index contributed by atoms with van der Waals surface area (Å²) in [6.45, 7) is 4.44. The molecule has 1 nitrogen and oxygen atoms in total. The first-order valence-corrected chi connectivity index (χ1v) is 7.17. The van der Waals surface area contributed by atoms with Crippen LogP contribution in [0.5, 0.6) is 0 Å². The molecular weight excluding hydrogens is 300 g/mol. The van der Waals surface area contributed by atoms with Gasteiger partial charge in [-0.25, -0.2) is 8.78 Å². The van der Waals surface area contributed by atoms with E-state index in [1.54, 1.807) is 0 Å². The van der Waals surface area contributed by atoms with Crippen molar-refractivity contribution in [2.75, 3.05) is 5.32 Å². The van der Waals surface area contributed by atoms with Gasteiger partial charge in [0.05, 0.1) is 0 Å². The Balaban J connectivity index is 2.10. The van der Waals surface area contributed by atoms with Crippen LogP contribution in [0.2, 0.25) is 0 Å². The van der Waals surface area contributed by atoms with Crippen molar-refractivity contribution in [1.82, 2.24) is 0 Å². The first kappa shape index (κ1) is 13.8. The first-order valence-electron chi connectivity index (χ1n) is 6.38. The highest BCUT2D eigenvalue weighted by atomic mass is 79.9. The molecular formula is C14H18BrF2N. The molecule has 3 atom stereocenters. The van der Waals surface area contributed by atoms with Crippen LogP contribution in [0.4, 0.5) is 14.5 Å². The molecule has 100 valence electrons. The molecule has 0 aliphatic heterocycles. The smallest absolute Gasteiger partial charge is 0.150 e. The highest BCUT2D eigenvalue weighted by Crippen LogP contribution is 2.32. The van der Waals surface area contributed by atoms with Crippen molar-refractivity contribution < 1.29 is 8.78 Å². The molecule has 1 fully saturated rings. The Labute approximate surface area is 115 Å². The van der Waals surface area contributed by atoms with Crippen molar-refractivity contribution in [3.05, 3.63) is 28.2 Å². The van der Waals surface area contributed by atoms with Crippen LogP contribution in [0.3, 0.4) is 0 Å². The van der Waals surface area contributed by atoms with Crippen molar-refractivity contribution in [2.24, 2.45) is 11.8 Å². The second-order valence-electron chi connectivity index (χ2n) is 5.35. The molecule has 0 aromatic heterocycles. The van der Waals surface area contributed by atoms with Gasteiger partial charge in [-0.05, 0) is 43.2 Å². The maximum atomic E-state index is 13.7. The fraction of sp³-hybridized carbons (Fsp3) is 0.571. The van der Waals surface area contributed by atoms with Crippen LogP contribution in [0, 0.1) is 23.5 Å². The van der Waals surface area contributed by atoms with Gasteiger partial charge in [-0.1, -0.05) is 29.8 Å². The first-order chi connectivity index (χ1) is 8.47. The zero-order valence-electron chi connectivity index (χ0n) is 10.6. The molecule has 1 N–H and O–H groups in total. The molecule has 1 aliphatic rings. The van der Waals surface area contributed by atoms with E-state index in [-0.39, 0.29) is 11.7 Å². The van der Waals surface area contributed by atoms with Crippen molar-refractivity contribution in [2.45, 2.75) is 39.2 Å². The quantitative estimate of drug-likeness (QED) is 0.812. The standard InChI is InChI=1S/C14H18BrF2N/c1-8-3-4-11(5-9(8)2)18-14-12(16)6-10(15)7-13(14)17/h6-9,11,18H,3-5H2,1-2H3. The van der Waals surface area contributed by atoms with E-state index in [0.29, 0.717) is 16.3 Å². The van der Waals surface area contributed by atoms with Gasteiger partial charge in [0.15, 0.2) is 0 Å². The summed E-state index contributed by atoms with van der Waals surface area (Å²) in [5.74, 6) is 0.224. The number of anilines is 1. The monoisotopic (exact) mass is 317 g/mol. The third-order valence-corrected chi connectivity index (χ3v) is 4.41. The Hall–Kier alpha value is -0.640. The summed E-state index contributed by atoms with van der Waals surface area (Å²) >= 11 is 3.08. The van der Waals surface area contributed by atoms with Crippen LogP contribution in [-0.2, 0) is 0 Å².